The lowest BCUT2D eigenvalue weighted by atomic mass is 10.1. The van der Waals surface area contributed by atoms with E-state index in [0.717, 1.165) is 26.3 Å². The number of nitrogens with zero attached hydrogens (tertiary/aromatic N) is 2. The van der Waals surface area contributed by atoms with Gasteiger partial charge >= 0.3 is 0 Å². The van der Waals surface area contributed by atoms with Gasteiger partial charge in [0.05, 0.1) is 4.21 Å². The minimum Gasteiger partial charge on any atom is -0.192 e. The predicted molar refractivity (Wildman–Crippen MR) is 108 cm³/mol. The molecule has 0 saturated carbocycles. The Kier molecular flexibility index (Phi) is 6.19. The minimum atomic E-state index is 0.724. The van der Waals surface area contributed by atoms with Gasteiger partial charge in [-0.25, -0.2) is 0 Å². The van der Waals surface area contributed by atoms with Crippen molar-refractivity contribution in [2.75, 3.05) is 0 Å². The van der Waals surface area contributed by atoms with Gasteiger partial charge in [-0.3, -0.25) is 0 Å². The zero-order valence-electron chi connectivity index (χ0n) is 14.2. The summed E-state index contributed by atoms with van der Waals surface area (Å²) in [4.78, 5) is 0. The fourth-order valence-electron chi connectivity index (χ4n) is 2.39. The summed E-state index contributed by atoms with van der Waals surface area (Å²) in [6.45, 7) is 4.24. The lowest BCUT2D eigenvalue weighted by Crippen LogP contribution is -1.87. The van der Waals surface area contributed by atoms with Crippen molar-refractivity contribution >= 4 is 35.1 Å². The maximum Gasteiger partial charge on any atom is 0.129 e. The van der Waals surface area contributed by atoms with Crippen LogP contribution in [0.1, 0.15) is 27.8 Å². The average molecular weight is 383 g/mol. The summed E-state index contributed by atoms with van der Waals surface area (Å²) in [6, 6.07) is 19.1. The molecule has 0 aliphatic heterocycles. The molecular weight excluding hydrogens is 364 g/mol. The Hall–Kier alpha value is -1.74. The second-order valence-electron chi connectivity index (χ2n) is 5.69. The average Bonchev–Trinajstić information content (AvgIpc) is 3.02. The molecule has 0 N–H and O–H groups in total. The van der Waals surface area contributed by atoms with Crippen molar-refractivity contribution in [3.8, 4) is 6.07 Å². The Morgan fingerprint density at radius 2 is 1.48 bits per heavy atom. The van der Waals surface area contributed by atoms with Crippen LogP contribution in [0.3, 0.4) is 0 Å². The van der Waals surface area contributed by atoms with E-state index in [2.05, 4.69) is 66.8 Å². The summed E-state index contributed by atoms with van der Waals surface area (Å²) in [7, 11) is 0. The molecule has 1 heterocycles. The van der Waals surface area contributed by atoms with Gasteiger partial charge in [0.15, 0.2) is 0 Å². The molecule has 3 rings (SSSR count). The van der Waals surface area contributed by atoms with Crippen LogP contribution in [0.15, 0.2) is 57.8 Å². The number of nitriles is 1. The van der Waals surface area contributed by atoms with E-state index in [4.69, 9.17) is 0 Å². The molecule has 5 heteroatoms. The molecule has 0 saturated heterocycles. The van der Waals surface area contributed by atoms with Gasteiger partial charge in [0.2, 0.25) is 0 Å². The Morgan fingerprint density at radius 3 is 2.04 bits per heavy atom. The summed E-state index contributed by atoms with van der Waals surface area (Å²) < 4.78 is 5.54. The minimum absolute atomic E-state index is 0.724. The maximum atomic E-state index is 9.58. The van der Waals surface area contributed by atoms with Gasteiger partial charge < -0.3 is 0 Å². The summed E-state index contributed by atoms with van der Waals surface area (Å²) in [5, 5.41) is 10.4. The number of hydrogen-bond acceptors (Lipinski definition) is 5. The molecule has 0 spiro atoms. The molecular formula is C20H18N2S3. The van der Waals surface area contributed by atoms with Gasteiger partial charge in [0, 0.05) is 11.5 Å². The van der Waals surface area contributed by atoms with Gasteiger partial charge in [-0.05, 0) is 47.6 Å². The van der Waals surface area contributed by atoms with Gasteiger partial charge in [-0.1, -0.05) is 60.3 Å². The van der Waals surface area contributed by atoms with E-state index in [9.17, 15) is 5.26 Å². The first kappa shape index (κ1) is 18.1. The van der Waals surface area contributed by atoms with Crippen molar-refractivity contribution in [2.24, 2.45) is 0 Å². The van der Waals surface area contributed by atoms with Crippen LogP contribution in [0, 0.1) is 25.2 Å². The molecule has 0 bridgehead atoms. The first-order valence-electron chi connectivity index (χ1n) is 7.93. The predicted octanol–water partition coefficient (Wildman–Crippen LogP) is 6.22. The van der Waals surface area contributed by atoms with E-state index >= 15 is 0 Å². The smallest absolute Gasteiger partial charge is 0.129 e. The molecule has 0 atom stereocenters. The first-order valence-corrected chi connectivity index (χ1v) is 10.7. The molecule has 2 aromatic carbocycles. The zero-order valence-corrected chi connectivity index (χ0v) is 16.6. The highest BCUT2D eigenvalue weighted by atomic mass is 32.2. The van der Waals surface area contributed by atoms with Crippen LogP contribution in [0.2, 0.25) is 0 Å². The van der Waals surface area contributed by atoms with Gasteiger partial charge in [0.1, 0.15) is 16.7 Å². The van der Waals surface area contributed by atoms with Crippen molar-refractivity contribution in [3.05, 3.63) is 76.3 Å². The summed E-state index contributed by atoms with van der Waals surface area (Å²) in [6.07, 6.45) is 0. The number of aryl methyl sites for hydroxylation is 2. The number of hydrogen-bond donors (Lipinski definition) is 0. The molecule has 2 nitrogen and oxygen atoms in total. The molecule has 3 aromatic rings. The molecule has 25 heavy (non-hydrogen) atoms. The van der Waals surface area contributed by atoms with Crippen LogP contribution in [-0.4, -0.2) is 4.37 Å². The van der Waals surface area contributed by atoms with Crippen molar-refractivity contribution in [2.45, 2.75) is 34.6 Å². The SMILES string of the molecule is Cc1ccccc1CSc1nsc(SCc2ccccc2C)c1C#N. The monoisotopic (exact) mass is 382 g/mol. The van der Waals surface area contributed by atoms with E-state index < -0.39 is 0 Å². The third-order valence-electron chi connectivity index (χ3n) is 3.99. The Morgan fingerprint density at radius 1 is 0.920 bits per heavy atom. The van der Waals surface area contributed by atoms with E-state index in [0.29, 0.717) is 0 Å². The largest absolute Gasteiger partial charge is 0.192 e. The number of rotatable bonds is 6. The molecule has 0 radical (unpaired) electrons. The van der Waals surface area contributed by atoms with E-state index in [-0.39, 0.29) is 0 Å². The topological polar surface area (TPSA) is 36.7 Å². The molecule has 1 aromatic heterocycles. The molecule has 0 aliphatic carbocycles. The number of aromatic nitrogens is 1. The fraction of sp³-hybridized carbons (Fsp3) is 0.200. The Balaban J connectivity index is 1.70. The first-order chi connectivity index (χ1) is 12.2. The Labute approximate surface area is 161 Å². The molecule has 0 amide bonds. The van der Waals surface area contributed by atoms with Gasteiger partial charge in [0.25, 0.3) is 0 Å². The van der Waals surface area contributed by atoms with Crippen LogP contribution in [0.25, 0.3) is 0 Å². The summed E-state index contributed by atoms with van der Waals surface area (Å²) in [5.41, 5.74) is 5.88. The van der Waals surface area contributed by atoms with Crippen molar-refractivity contribution < 1.29 is 0 Å². The summed E-state index contributed by atoms with van der Waals surface area (Å²) >= 11 is 4.79. The van der Waals surface area contributed by atoms with Crippen LogP contribution in [0.4, 0.5) is 0 Å². The second-order valence-corrected chi connectivity index (χ2v) is 8.67. The van der Waals surface area contributed by atoms with Crippen molar-refractivity contribution in [1.82, 2.24) is 4.37 Å². The highest BCUT2D eigenvalue weighted by Gasteiger charge is 2.15. The number of benzene rings is 2. The van der Waals surface area contributed by atoms with E-state index in [1.165, 1.54) is 33.8 Å². The standard InChI is InChI=1S/C20H18N2S3/c1-14-7-3-5-9-16(14)12-23-19-18(11-21)20(25-22-19)24-13-17-10-6-4-8-15(17)2/h3-10H,12-13H2,1-2H3. The van der Waals surface area contributed by atoms with Crippen LogP contribution < -0.4 is 0 Å². The van der Waals surface area contributed by atoms with Crippen LogP contribution in [0.5, 0.6) is 0 Å². The highest BCUT2D eigenvalue weighted by Crippen LogP contribution is 2.37. The third kappa shape index (κ3) is 4.46. The lowest BCUT2D eigenvalue weighted by molar-refractivity contribution is 1.21. The zero-order chi connectivity index (χ0) is 17.6. The van der Waals surface area contributed by atoms with Crippen LogP contribution in [-0.2, 0) is 11.5 Å². The van der Waals surface area contributed by atoms with Gasteiger partial charge in [-0.15, -0.1) is 11.8 Å². The Bertz CT molecular complexity index is 842. The highest BCUT2D eigenvalue weighted by molar-refractivity contribution is 8.00. The lowest BCUT2D eigenvalue weighted by Gasteiger charge is -2.05. The molecule has 0 aliphatic rings. The quantitative estimate of drug-likeness (QED) is 0.474. The van der Waals surface area contributed by atoms with Crippen molar-refractivity contribution in [3.63, 3.8) is 0 Å². The fourth-order valence-corrected chi connectivity index (χ4v) is 5.63. The van der Waals surface area contributed by atoms with Crippen molar-refractivity contribution in [1.29, 1.82) is 5.26 Å². The van der Waals surface area contributed by atoms with Gasteiger partial charge in [-0.2, -0.15) is 9.64 Å². The van der Waals surface area contributed by atoms with E-state index in [1.54, 1.807) is 23.5 Å². The summed E-state index contributed by atoms with van der Waals surface area (Å²) in [5.74, 6) is 1.71. The third-order valence-corrected chi connectivity index (χ3v) is 7.27. The molecule has 0 unspecified atom stereocenters. The van der Waals surface area contributed by atoms with E-state index in [1.807, 2.05) is 6.07 Å². The van der Waals surface area contributed by atoms with Crippen LogP contribution >= 0.6 is 35.1 Å². The maximum absolute atomic E-state index is 9.58. The normalized spacial score (nSPS) is 10.6. The molecule has 0 fully saturated rings. The molecule has 126 valence electrons. The second kappa shape index (κ2) is 8.57. The number of thioether (sulfide) groups is 2.